The first-order valence-electron chi connectivity index (χ1n) is 10.9. The van der Waals surface area contributed by atoms with Gasteiger partial charge >= 0.3 is 12.3 Å². The summed E-state index contributed by atoms with van der Waals surface area (Å²) >= 11 is 0. The molecule has 4 rings (SSSR count). The van der Waals surface area contributed by atoms with E-state index in [1.165, 1.54) is 7.11 Å². The van der Waals surface area contributed by atoms with Crippen molar-refractivity contribution >= 4 is 11.7 Å². The molecule has 32 heavy (non-hydrogen) atoms. The van der Waals surface area contributed by atoms with Gasteiger partial charge in [0.05, 0.1) is 43.1 Å². The van der Waals surface area contributed by atoms with E-state index in [1.54, 1.807) is 9.42 Å². The smallest absolute Gasteiger partial charge is 0.410 e. The average molecular weight is 454 g/mol. The van der Waals surface area contributed by atoms with Crippen molar-refractivity contribution < 1.29 is 27.4 Å². The number of rotatable bonds is 2. The molecule has 2 aromatic heterocycles. The number of hydrogen-bond acceptors (Lipinski definition) is 5. The van der Waals surface area contributed by atoms with Crippen molar-refractivity contribution in [2.75, 3.05) is 20.3 Å². The minimum Gasteiger partial charge on any atom is -0.453 e. The topological polar surface area (TPSA) is 69.0 Å². The van der Waals surface area contributed by atoms with E-state index in [9.17, 15) is 18.0 Å². The summed E-state index contributed by atoms with van der Waals surface area (Å²) in [5.74, 6) is -1.25. The van der Waals surface area contributed by atoms with Crippen LogP contribution < -0.4 is 0 Å². The Morgan fingerprint density at radius 1 is 1.22 bits per heavy atom. The van der Waals surface area contributed by atoms with Crippen molar-refractivity contribution in [1.82, 2.24) is 19.5 Å². The van der Waals surface area contributed by atoms with Crippen LogP contribution in [0.5, 0.6) is 0 Å². The number of carbonyl (C=O) groups excluding carboxylic acids is 1. The van der Waals surface area contributed by atoms with Gasteiger partial charge in [-0.05, 0) is 52.5 Å². The highest BCUT2D eigenvalue weighted by molar-refractivity contribution is 5.68. The van der Waals surface area contributed by atoms with Crippen molar-refractivity contribution in [2.45, 2.75) is 70.2 Å². The third-order valence-corrected chi connectivity index (χ3v) is 6.65. The number of nitrogens with zero attached hydrogens (tertiary/aromatic N) is 4. The predicted octanol–water partition coefficient (Wildman–Crippen LogP) is 4.79. The molecule has 1 saturated carbocycles. The summed E-state index contributed by atoms with van der Waals surface area (Å²) in [6.07, 6.45) is -3.84. The number of methoxy groups -OCH3 is 1. The highest BCUT2D eigenvalue weighted by Gasteiger charge is 2.42. The molecule has 2 aromatic rings. The first kappa shape index (κ1) is 22.8. The van der Waals surface area contributed by atoms with Crippen molar-refractivity contribution in [2.24, 2.45) is 5.92 Å². The monoisotopic (exact) mass is 454 g/mol. The lowest BCUT2D eigenvalue weighted by atomic mass is 9.80. The molecule has 0 unspecified atom stereocenters. The van der Waals surface area contributed by atoms with Gasteiger partial charge in [0, 0.05) is 17.7 Å². The lowest BCUT2D eigenvalue weighted by molar-refractivity contribution is -0.182. The predicted molar refractivity (Wildman–Crippen MR) is 110 cm³/mol. The SMILES string of the molecule is COC(=O)N1C[C@@H](c2cc(C)nc3cc([C@H]4CC[C@H](C(F)(F)F)CC4)nn23)OCC1(C)C. The molecule has 0 radical (unpaired) electrons. The summed E-state index contributed by atoms with van der Waals surface area (Å²) in [7, 11) is 1.35. The Hall–Kier alpha value is -2.36. The number of fused-ring (bicyclic) bond motifs is 1. The van der Waals surface area contributed by atoms with Gasteiger partial charge in [0.2, 0.25) is 0 Å². The Balaban J connectivity index is 1.61. The van der Waals surface area contributed by atoms with Gasteiger partial charge in [-0.15, -0.1) is 0 Å². The maximum Gasteiger partial charge on any atom is 0.410 e. The third kappa shape index (κ3) is 4.29. The zero-order chi connectivity index (χ0) is 23.3. The van der Waals surface area contributed by atoms with Gasteiger partial charge in [-0.3, -0.25) is 4.90 Å². The molecule has 1 atom stereocenters. The summed E-state index contributed by atoms with van der Waals surface area (Å²) in [5.41, 5.74) is 2.40. The summed E-state index contributed by atoms with van der Waals surface area (Å²) in [5, 5.41) is 4.72. The molecule has 0 bridgehead atoms. The van der Waals surface area contributed by atoms with Gasteiger partial charge in [-0.2, -0.15) is 18.3 Å². The molecule has 1 aliphatic carbocycles. The summed E-state index contributed by atoms with van der Waals surface area (Å²) in [6.45, 7) is 6.32. The number of aryl methyl sites for hydroxylation is 1. The second kappa shape index (κ2) is 8.20. The molecule has 0 aromatic carbocycles. The summed E-state index contributed by atoms with van der Waals surface area (Å²) in [6, 6.07) is 3.74. The number of halogens is 3. The molecule has 3 heterocycles. The van der Waals surface area contributed by atoms with E-state index in [0.29, 0.717) is 31.6 Å². The molecule has 7 nitrogen and oxygen atoms in total. The molecular weight excluding hydrogens is 425 g/mol. The van der Waals surface area contributed by atoms with E-state index in [0.717, 1.165) is 17.1 Å². The quantitative estimate of drug-likeness (QED) is 0.653. The first-order valence-corrected chi connectivity index (χ1v) is 10.9. The minimum absolute atomic E-state index is 0.0266. The van der Waals surface area contributed by atoms with E-state index in [2.05, 4.69) is 4.98 Å². The van der Waals surface area contributed by atoms with Gasteiger partial charge in [0.15, 0.2) is 5.65 Å². The van der Waals surface area contributed by atoms with Crippen LogP contribution in [0.2, 0.25) is 0 Å². The lowest BCUT2D eigenvalue weighted by Crippen LogP contribution is -2.56. The van der Waals surface area contributed by atoms with E-state index in [-0.39, 0.29) is 18.8 Å². The van der Waals surface area contributed by atoms with Gasteiger partial charge in [-0.1, -0.05) is 0 Å². The van der Waals surface area contributed by atoms with Crippen LogP contribution in [0.4, 0.5) is 18.0 Å². The van der Waals surface area contributed by atoms with Gasteiger partial charge < -0.3 is 9.47 Å². The molecular formula is C22H29F3N4O3. The van der Waals surface area contributed by atoms with E-state index in [1.807, 2.05) is 32.9 Å². The normalized spacial score (nSPS) is 26.3. The number of alkyl halides is 3. The minimum atomic E-state index is -4.13. The Bertz CT molecular complexity index is 996. The fourth-order valence-corrected chi connectivity index (χ4v) is 4.75. The Kier molecular flexibility index (Phi) is 5.85. The van der Waals surface area contributed by atoms with Crippen LogP contribution in [-0.2, 0) is 9.47 Å². The van der Waals surface area contributed by atoms with Crippen molar-refractivity contribution in [1.29, 1.82) is 0 Å². The zero-order valence-electron chi connectivity index (χ0n) is 18.8. The number of morpholine rings is 1. The molecule has 0 N–H and O–H groups in total. The summed E-state index contributed by atoms with van der Waals surface area (Å²) < 4.78 is 51.9. The fourth-order valence-electron chi connectivity index (χ4n) is 4.75. The van der Waals surface area contributed by atoms with Crippen LogP contribution >= 0.6 is 0 Å². The second-order valence-electron chi connectivity index (χ2n) is 9.44. The van der Waals surface area contributed by atoms with Crippen LogP contribution in [0.3, 0.4) is 0 Å². The highest BCUT2D eigenvalue weighted by atomic mass is 19.4. The molecule has 1 aliphatic heterocycles. The maximum absolute atomic E-state index is 13.0. The molecule has 1 amide bonds. The number of amides is 1. The Morgan fingerprint density at radius 2 is 1.91 bits per heavy atom. The number of aromatic nitrogens is 3. The number of carbonyl (C=O) groups is 1. The largest absolute Gasteiger partial charge is 0.453 e. The molecule has 2 aliphatic rings. The van der Waals surface area contributed by atoms with E-state index in [4.69, 9.17) is 14.6 Å². The van der Waals surface area contributed by atoms with Crippen LogP contribution in [0.15, 0.2) is 12.1 Å². The maximum atomic E-state index is 13.0. The highest BCUT2D eigenvalue weighted by Crippen LogP contribution is 2.43. The average Bonchev–Trinajstić information content (AvgIpc) is 3.16. The van der Waals surface area contributed by atoms with E-state index < -0.39 is 29.8 Å². The van der Waals surface area contributed by atoms with Gasteiger partial charge in [-0.25, -0.2) is 14.3 Å². The Morgan fingerprint density at radius 3 is 2.53 bits per heavy atom. The zero-order valence-corrected chi connectivity index (χ0v) is 18.8. The fraction of sp³-hybridized carbons (Fsp3) is 0.682. The molecule has 0 spiro atoms. The third-order valence-electron chi connectivity index (χ3n) is 6.65. The van der Waals surface area contributed by atoms with Crippen molar-refractivity contribution in [3.63, 3.8) is 0 Å². The molecule has 176 valence electrons. The molecule has 10 heteroatoms. The first-order chi connectivity index (χ1) is 15.0. The summed E-state index contributed by atoms with van der Waals surface area (Å²) in [4.78, 5) is 18.5. The Labute approximate surface area is 184 Å². The van der Waals surface area contributed by atoms with Crippen LogP contribution in [0.1, 0.15) is 68.6 Å². The van der Waals surface area contributed by atoms with E-state index >= 15 is 0 Å². The molecule has 2 fully saturated rings. The van der Waals surface area contributed by atoms with Crippen LogP contribution in [0.25, 0.3) is 5.65 Å². The number of ether oxygens (including phenoxy) is 2. The van der Waals surface area contributed by atoms with Crippen LogP contribution in [0, 0.1) is 12.8 Å². The van der Waals surface area contributed by atoms with Crippen molar-refractivity contribution in [3.05, 3.63) is 29.2 Å². The van der Waals surface area contributed by atoms with Crippen LogP contribution in [-0.4, -0.2) is 57.6 Å². The van der Waals surface area contributed by atoms with Gasteiger partial charge in [0.1, 0.15) is 6.10 Å². The number of hydrogen-bond donors (Lipinski definition) is 0. The van der Waals surface area contributed by atoms with Crippen molar-refractivity contribution in [3.8, 4) is 0 Å². The second-order valence-corrected chi connectivity index (χ2v) is 9.44. The lowest BCUT2D eigenvalue weighted by Gasteiger charge is -2.44. The standard InChI is InChI=1S/C22H29F3N4O3/c1-13-9-17(18-11-28(20(30)31-4)21(2,3)12-32-18)29-19(26-13)10-16(27-29)14-5-7-15(8-6-14)22(23,24)25/h9-10,14-15,18H,5-8,11-12H2,1-4H3/t14-,15-,18-/m0/s1. The molecule has 1 saturated heterocycles. The van der Waals surface area contributed by atoms with Gasteiger partial charge in [0.25, 0.3) is 0 Å².